The molecular weight excluding hydrogens is 478 g/mol. The first kappa shape index (κ1) is 24.1. The number of carbonyl (C=O) groups is 3. The lowest BCUT2D eigenvalue weighted by atomic mass is 10.1. The highest BCUT2D eigenvalue weighted by Gasteiger charge is 2.26. The van der Waals surface area contributed by atoms with Crippen LogP contribution in [-0.2, 0) is 9.59 Å². The molecule has 2 fully saturated rings. The topological polar surface area (TPSA) is 121 Å². The molecule has 3 aromatic rings. The third-order valence-electron chi connectivity index (χ3n) is 6.34. The lowest BCUT2D eigenvalue weighted by molar-refractivity contribution is -0.124. The summed E-state index contributed by atoms with van der Waals surface area (Å²) in [6.07, 6.45) is 5.55. The number of imide groups is 1. The molecule has 0 atom stereocenters. The highest BCUT2D eigenvalue weighted by molar-refractivity contribution is 7.17. The number of hydrogen-bond acceptors (Lipinski definition) is 8. The Hall–Kier alpha value is -3.57. The summed E-state index contributed by atoms with van der Waals surface area (Å²) in [4.78, 5) is 45.0. The standard InChI is InChI=1S/C25H29N7O3S/c1-3-31(4-2)10-9-26-25(35)20-8-7-19(36-20)18-13-21(28-17-5-6-17)32-23(29-18)16(14-27-32)11-15-12-22(33)30-24(15)34/h7-8,11,13-14,17,28H,3-6,9-10,12H2,1-2H3,(H,26,35)(H,30,33,34)/b15-11+. The van der Waals surface area contributed by atoms with E-state index in [4.69, 9.17) is 4.98 Å². The van der Waals surface area contributed by atoms with E-state index >= 15 is 0 Å². The van der Waals surface area contributed by atoms with E-state index < -0.39 is 0 Å². The van der Waals surface area contributed by atoms with Crippen molar-refractivity contribution in [1.82, 2.24) is 30.1 Å². The van der Waals surface area contributed by atoms with Crippen molar-refractivity contribution in [2.45, 2.75) is 39.2 Å². The molecule has 188 valence electrons. The summed E-state index contributed by atoms with van der Waals surface area (Å²) < 4.78 is 1.72. The summed E-state index contributed by atoms with van der Waals surface area (Å²) in [7, 11) is 0. The molecule has 0 radical (unpaired) electrons. The van der Waals surface area contributed by atoms with Crippen LogP contribution in [0.4, 0.5) is 5.82 Å². The van der Waals surface area contributed by atoms with Gasteiger partial charge >= 0.3 is 0 Å². The summed E-state index contributed by atoms with van der Waals surface area (Å²) in [6.45, 7) is 7.53. The third-order valence-corrected chi connectivity index (χ3v) is 7.45. The number of hydrogen-bond donors (Lipinski definition) is 3. The van der Waals surface area contributed by atoms with E-state index in [2.05, 4.69) is 39.8 Å². The molecule has 1 saturated carbocycles. The van der Waals surface area contributed by atoms with Gasteiger partial charge in [0.15, 0.2) is 5.65 Å². The van der Waals surface area contributed by atoms with Gasteiger partial charge in [-0.3, -0.25) is 19.7 Å². The van der Waals surface area contributed by atoms with Crippen LogP contribution in [0.25, 0.3) is 22.3 Å². The van der Waals surface area contributed by atoms with E-state index in [1.807, 2.05) is 18.2 Å². The maximum atomic E-state index is 12.7. The molecule has 4 heterocycles. The van der Waals surface area contributed by atoms with Crippen LogP contribution in [0.1, 0.15) is 48.3 Å². The number of amides is 3. The Kier molecular flexibility index (Phi) is 6.84. The van der Waals surface area contributed by atoms with Gasteiger partial charge in [0.05, 0.1) is 28.1 Å². The Labute approximate surface area is 212 Å². The molecule has 1 aliphatic carbocycles. The Morgan fingerprint density at radius 2 is 2.08 bits per heavy atom. The summed E-state index contributed by atoms with van der Waals surface area (Å²) in [6, 6.07) is 6.06. The summed E-state index contributed by atoms with van der Waals surface area (Å²) in [5, 5.41) is 13.3. The first-order valence-corrected chi connectivity index (χ1v) is 13.1. The van der Waals surface area contributed by atoms with Gasteiger partial charge in [0, 0.05) is 36.3 Å². The van der Waals surface area contributed by atoms with Crippen molar-refractivity contribution in [3.05, 3.63) is 40.4 Å². The van der Waals surface area contributed by atoms with Gasteiger partial charge in [-0.25, -0.2) is 4.98 Å². The van der Waals surface area contributed by atoms with Crippen molar-refractivity contribution in [2.75, 3.05) is 31.5 Å². The van der Waals surface area contributed by atoms with Crippen LogP contribution in [0.2, 0.25) is 0 Å². The zero-order valence-electron chi connectivity index (χ0n) is 20.3. The smallest absolute Gasteiger partial charge is 0.261 e. The number of anilines is 1. The van der Waals surface area contributed by atoms with E-state index in [-0.39, 0.29) is 24.1 Å². The van der Waals surface area contributed by atoms with Gasteiger partial charge in [0.25, 0.3) is 11.8 Å². The summed E-state index contributed by atoms with van der Waals surface area (Å²) in [5.74, 6) is 0.00548. The number of thiophene rings is 1. The fraction of sp³-hybridized carbons (Fsp3) is 0.400. The molecular formula is C25H29N7O3S. The zero-order valence-corrected chi connectivity index (χ0v) is 21.2. The molecule has 0 aromatic carbocycles. The number of aromatic nitrogens is 3. The van der Waals surface area contributed by atoms with E-state index in [9.17, 15) is 14.4 Å². The first-order valence-electron chi connectivity index (χ1n) is 12.3. The van der Waals surface area contributed by atoms with Crippen LogP contribution in [-0.4, -0.2) is 69.4 Å². The average molecular weight is 508 g/mol. The highest BCUT2D eigenvalue weighted by Crippen LogP contribution is 2.32. The van der Waals surface area contributed by atoms with Crippen LogP contribution in [0.15, 0.2) is 30.0 Å². The van der Waals surface area contributed by atoms with Gasteiger partial charge < -0.3 is 15.5 Å². The molecule has 11 heteroatoms. The van der Waals surface area contributed by atoms with Crippen molar-refractivity contribution in [3.8, 4) is 10.6 Å². The largest absolute Gasteiger partial charge is 0.367 e. The molecule has 3 N–H and O–H groups in total. The first-order chi connectivity index (χ1) is 17.4. The Morgan fingerprint density at radius 3 is 2.78 bits per heavy atom. The minimum atomic E-state index is -0.387. The molecule has 3 aromatic heterocycles. The second-order valence-electron chi connectivity index (χ2n) is 8.95. The number of likely N-dealkylation sites (N-methyl/N-ethyl adjacent to an activating group) is 1. The molecule has 0 spiro atoms. The van der Waals surface area contributed by atoms with Gasteiger partial charge in [-0.1, -0.05) is 13.8 Å². The van der Waals surface area contributed by atoms with Gasteiger partial charge in [-0.2, -0.15) is 9.61 Å². The number of carbonyl (C=O) groups excluding carboxylic acids is 3. The summed E-state index contributed by atoms with van der Waals surface area (Å²) in [5.41, 5.74) is 2.33. The number of fused-ring (bicyclic) bond motifs is 1. The van der Waals surface area contributed by atoms with Crippen LogP contribution in [0.5, 0.6) is 0 Å². The molecule has 0 unspecified atom stereocenters. The average Bonchev–Trinajstić information content (AvgIpc) is 3.25. The van der Waals surface area contributed by atoms with Crippen molar-refractivity contribution in [3.63, 3.8) is 0 Å². The number of nitrogens with one attached hydrogen (secondary N) is 3. The van der Waals surface area contributed by atoms with Crippen LogP contribution in [0, 0.1) is 0 Å². The highest BCUT2D eigenvalue weighted by atomic mass is 32.1. The zero-order chi connectivity index (χ0) is 25.2. The fourth-order valence-corrected chi connectivity index (χ4v) is 4.99. The van der Waals surface area contributed by atoms with E-state index in [1.54, 1.807) is 16.8 Å². The van der Waals surface area contributed by atoms with Crippen LogP contribution >= 0.6 is 11.3 Å². The molecule has 10 nitrogen and oxygen atoms in total. The molecule has 1 aliphatic heterocycles. The fourth-order valence-electron chi connectivity index (χ4n) is 4.11. The molecule has 2 aliphatic rings. The van der Waals surface area contributed by atoms with Gasteiger partial charge in [-0.05, 0) is 44.1 Å². The van der Waals surface area contributed by atoms with Crippen LogP contribution in [0.3, 0.4) is 0 Å². The Bertz CT molecular complexity index is 1350. The quantitative estimate of drug-likeness (QED) is 0.285. The van der Waals surface area contributed by atoms with Crippen molar-refractivity contribution in [2.24, 2.45) is 0 Å². The van der Waals surface area contributed by atoms with E-state index in [1.165, 1.54) is 11.3 Å². The van der Waals surface area contributed by atoms with E-state index in [0.29, 0.717) is 39.9 Å². The predicted octanol–water partition coefficient (Wildman–Crippen LogP) is 2.53. The molecule has 1 saturated heterocycles. The van der Waals surface area contributed by atoms with Crippen molar-refractivity contribution in [1.29, 1.82) is 0 Å². The maximum absolute atomic E-state index is 12.7. The monoisotopic (exact) mass is 507 g/mol. The molecule has 0 bridgehead atoms. The Morgan fingerprint density at radius 1 is 1.28 bits per heavy atom. The van der Waals surface area contributed by atoms with Crippen molar-refractivity contribution >= 4 is 46.6 Å². The van der Waals surface area contributed by atoms with Crippen LogP contribution < -0.4 is 16.0 Å². The van der Waals surface area contributed by atoms with Crippen molar-refractivity contribution < 1.29 is 14.4 Å². The van der Waals surface area contributed by atoms with Gasteiger partial charge in [-0.15, -0.1) is 11.3 Å². The lowest BCUT2D eigenvalue weighted by Crippen LogP contribution is -2.34. The van der Waals surface area contributed by atoms with Gasteiger partial charge in [0.2, 0.25) is 5.91 Å². The molecule has 36 heavy (non-hydrogen) atoms. The second kappa shape index (κ2) is 10.2. The second-order valence-corrected chi connectivity index (χ2v) is 10.0. The minimum Gasteiger partial charge on any atom is -0.367 e. The molecule has 5 rings (SSSR count). The SMILES string of the molecule is CCN(CC)CCNC(=O)c1ccc(-c2cc(NC3CC3)n3ncc(/C=C4\CC(=O)NC4=O)c3n2)s1. The maximum Gasteiger partial charge on any atom is 0.261 e. The number of rotatable bonds is 10. The van der Waals surface area contributed by atoms with Gasteiger partial charge in [0.1, 0.15) is 5.82 Å². The minimum absolute atomic E-state index is 0.0424. The van der Waals surface area contributed by atoms with E-state index in [0.717, 1.165) is 43.2 Å². The number of nitrogens with zero attached hydrogens (tertiary/aromatic N) is 4. The lowest BCUT2D eigenvalue weighted by Gasteiger charge is -2.17. The summed E-state index contributed by atoms with van der Waals surface area (Å²) >= 11 is 1.39. The Balaban J connectivity index is 1.43. The molecule has 3 amide bonds. The third kappa shape index (κ3) is 5.17. The normalized spacial score (nSPS) is 16.8. The predicted molar refractivity (Wildman–Crippen MR) is 139 cm³/mol.